The molecule has 0 fully saturated rings. The van der Waals surface area contributed by atoms with Crippen molar-refractivity contribution < 1.29 is 0 Å². The van der Waals surface area contributed by atoms with Gasteiger partial charge in [-0.2, -0.15) is 5.10 Å². The highest BCUT2D eigenvalue weighted by Gasteiger charge is 2.14. The fourth-order valence-corrected chi connectivity index (χ4v) is 2.62. The number of aryl methyl sites for hydroxylation is 2. The van der Waals surface area contributed by atoms with Gasteiger partial charge < -0.3 is 4.90 Å². The molecule has 0 bridgehead atoms. The van der Waals surface area contributed by atoms with Gasteiger partial charge in [0.05, 0.1) is 15.9 Å². The van der Waals surface area contributed by atoms with E-state index in [0.29, 0.717) is 0 Å². The molecule has 0 saturated carbocycles. The SMILES string of the molecule is CCCCN(C)Cc1c(Br)c(CC)nn1CC. The second-order valence-corrected chi connectivity index (χ2v) is 5.26. The second-order valence-electron chi connectivity index (χ2n) is 4.47. The van der Waals surface area contributed by atoms with Crippen LogP contribution < -0.4 is 0 Å². The molecule has 0 aliphatic rings. The molecule has 17 heavy (non-hydrogen) atoms. The average molecular weight is 302 g/mol. The van der Waals surface area contributed by atoms with Gasteiger partial charge in [0, 0.05) is 13.1 Å². The van der Waals surface area contributed by atoms with Gasteiger partial charge in [0.15, 0.2) is 0 Å². The monoisotopic (exact) mass is 301 g/mol. The van der Waals surface area contributed by atoms with Crippen LogP contribution in [0, 0.1) is 0 Å². The molecular weight excluding hydrogens is 278 g/mol. The maximum Gasteiger partial charge on any atom is 0.0767 e. The summed E-state index contributed by atoms with van der Waals surface area (Å²) in [5, 5.41) is 4.62. The highest BCUT2D eigenvalue weighted by Crippen LogP contribution is 2.23. The molecule has 1 rings (SSSR count). The molecule has 0 atom stereocenters. The molecule has 0 saturated heterocycles. The van der Waals surface area contributed by atoms with Crippen molar-refractivity contribution in [2.75, 3.05) is 13.6 Å². The molecule has 0 aliphatic carbocycles. The van der Waals surface area contributed by atoms with Gasteiger partial charge in [-0.3, -0.25) is 4.68 Å². The summed E-state index contributed by atoms with van der Waals surface area (Å²) in [5.41, 5.74) is 2.48. The van der Waals surface area contributed by atoms with E-state index in [1.165, 1.54) is 28.7 Å². The first-order chi connectivity index (χ1) is 8.13. The summed E-state index contributed by atoms with van der Waals surface area (Å²) < 4.78 is 3.32. The molecule has 0 aromatic carbocycles. The van der Waals surface area contributed by atoms with Gasteiger partial charge in [-0.1, -0.05) is 20.3 Å². The minimum atomic E-state index is 0.940. The molecule has 0 radical (unpaired) electrons. The van der Waals surface area contributed by atoms with Crippen LogP contribution in [0.5, 0.6) is 0 Å². The van der Waals surface area contributed by atoms with E-state index in [2.05, 4.69) is 58.4 Å². The van der Waals surface area contributed by atoms with Crippen molar-refractivity contribution in [2.24, 2.45) is 0 Å². The van der Waals surface area contributed by atoms with Crippen LogP contribution in [0.2, 0.25) is 0 Å². The molecule has 0 N–H and O–H groups in total. The summed E-state index contributed by atoms with van der Waals surface area (Å²) in [7, 11) is 2.18. The molecule has 0 amide bonds. The van der Waals surface area contributed by atoms with E-state index >= 15 is 0 Å². The summed E-state index contributed by atoms with van der Waals surface area (Å²) in [6, 6.07) is 0. The molecular formula is C13H24BrN3. The van der Waals surface area contributed by atoms with Gasteiger partial charge in [0.1, 0.15) is 0 Å². The Bertz CT molecular complexity index is 347. The van der Waals surface area contributed by atoms with Crippen molar-refractivity contribution >= 4 is 15.9 Å². The second kappa shape index (κ2) is 7.17. The van der Waals surface area contributed by atoms with Crippen molar-refractivity contribution in [3.05, 3.63) is 15.9 Å². The van der Waals surface area contributed by atoms with Gasteiger partial charge in [0.25, 0.3) is 0 Å². The van der Waals surface area contributed by atoms with Crippen molar-refractivity contribution in [3.8, 4) is 0 Å². The zero-order valence-corrected chi connectivity index (χ0v) is 13.0. The van der Waals surface area contributed by atoms with Gasteiger partial charge in [-0.15, -0.1) is 0 Å². The summed E-state index contributed by atoms with van der Waals surface area (Å²) >= 11 is 3.69. The van der Waals surface area contributed by atoms with Crippen LogP contribution >= 0.6 is 15.9 Å². The number of nitrogens with zero attached hydrogens (tertiary/aromatic N) is 3. The van der Waals surface area contributed by atoms with Crippen LogP contribution in [0.3, 0.4) is 0 Å². The van der Waals surface area contributed by atoms with Gasteiger partial charge >= 0.3 is 0 Å². The lowest BCUT2D eigenvalue weighted by Gasteiger charge is -2.17. The number of hydrogen-bond acceptors (Lipinski definition) is 2. The number of unbranched alkanes of at least 4 members (excludes halogenated alkanes) is 1. The number of halogens is 1. The van der Waals surface area contributed by atoms with E-state index in [9.17, 15) is 0 Å². The quantitative estimate of drug-likeness (QED) is 0.769. The van der Waals surface area contributed by atoms with Crippen LogP contribution in [0.4, 0.5) is 0 Å². The average Bonchev–Trinajstić information content (AvgIpc) is 2.63. The van der Waals surface area contributed by atoms with Crippen LogP contribution in [0.1, 0.15) is 45.0 Å². The third kappa shape index (κ3) is 3.81. The molecule has 0 spiro atoms. The predicted molar refractivity (Wildman–Crippen MR) is 76.2 cm³/mol. The molecule has 3 nitrogen and oxygen atoms in total. The van der Waals surface area contributed by atoms with Gasteiger partial charge in [0.2, 0.25) is 0 Å². The first kappa shape index (κ1) is 14.7. The summed E-state index contributed by atoms with van der Waals surface area (Å²) in [6.45, 7) is 9.59. The van der Waals surface area contributed by atoms with Crippen LogP contribution in [0.25, 0.3) is 0 Å². The largest absolute Gasteiger partial charge is 0.301 e. The molecule has 4 heteroatoms. The Kier molecular flexibility index (Phi) is 6.20. The zero-order valence-electron chi connectivity index (χ0n) is 11.5. The standard InChI is InChI=1S/C13H24BrN3/c1-5-8-9-16(4)10-12-13(14)11(6-2)15-17(12)7-3/h5-10H2,1-4H3. The number of hydrogen-bond donors (Lipinski definition) is 0. The Morgan fingerprint density at radius 1 is 1.29 bits per heavy atom. The zero-order chi connectivity index (χ0) is 12.8. The lowest BCUT2D eigenvalue weighted by Crippen LogP contribution is -2.21. The number of aromatic nitrogens is 2. The van der Waals surface area contributed by atoms with Gasteiger partial charge in [-0.25, -0.2) is 0 Å². The highest BCUT2D eigenvalue weighted by atomic mass is 79.9. The molecule has 1 aromatic rings. The van der Waals surface area contributed by atoms with E-state index < -0.39 is 0 Å². The van der Waals surface area contributed by atoms with E-state index in [1.807, 2.05) is 0 Å². The molecule has 1 heterocycles. The lowest BCUT2D eigenvalue weighted by atomic mass is 10.2. The van der Waals surface area contributed by atoms with Gasteiger partial charge in [-0.05, 0) is 49.3 Å². The Labute approximate surface area is 113 Å². The van der Waals surface area contributed by atoms with Crippen LogP contribution in [-0.2, 0) is 19.5 Å². The van der Waals surface area contributed by atoms with Crippen LogP contribution in [-0.4, -0.2) is 28.3 Å². The Balaban J connectivity index is 2.78. The minimum Gasteiger partial charge on any atom is -0.301 e. The van der Waals surface area contributed by atoms with Crippen molar-refractivity contribution in [1.29, 1.82) is 0 Å². The van der Waals surface area contributed by atoms with E-state index in [4.69, 9.17) is 0 Å². The molecule has 98 valence electrons. The summed E-state index contributed by atoms with van der Waals surface area (Å²) in [6.07, 6.45) is 3.49. The third-order valence-corrected chi connectivity index (χ3v) is 3.92. The Morgan fingerprint density at radius 3 is 2.53 bits per heavy atom. The van der Waals surface area contributed by atoms with Crippen molar-refractivity contribution in [2.45, 2.75) is 53.1 Å². The Hall–Kier alpha value is -0.350. The summed E-state index contributed by atoms with van der Waals surface area (Å²) in [5.74, 6) is 0. The first-order valence-corrected chi connectivity index (χ1v) is 7.35. The fraction of sp³-hybridized carbons (Fsp3) is 0.769. The molecule has 0 aliphatic heterocycles. The van der Waals surface area contributed by atoms with E-state index in [0.717, 1.165) is 26.1 Å². The lowest BCUT2D eigenvalue weighted by molar-refractivity contribution is 0.309. The van der Waals surface area contributed by atoms with Crippen LogP contribution in [0.15, 0.2) is 4.47 Å². The smallest absolute Gasteiger partial charge is 0.0767 e. The van der Waals surface area contributed by atoms with Crippen molar-refractivity contribution in [1.82, 2.24) is 14.7 Å². The van der Waals surface area contributed by atoms with E-state index in [1.54, 1.807) is 0 Å². The Morgan fingerprint density at radius 2 is 2.00 bits per heavy atom. The third-order valence-electron chi connectivity index (χ3n) is 3.01. The van der Waals surface area contributed by atoms with Crippen molar-refractivity contribution in [3.63, 3.8) is 0 Å². The summed E-state index contributed by atoms with van der Waals surface area (Å²) in [4.78, 5) is 2.37. The topological polar surface area (TPSA) is 21.1 Å². The predicted octanol–water partition coefficient (Wildman–Crippen LogP) is 3.46. The molecule has 0 unspecified atom stereocenters. The number of rotatable bonds is 7. The maximum atomic E-state index is 4.62. The highest BCUT2D eigenvalue weighted by molar-refractivity contribution is 9.10. The normalized spacial score (nSPS) is 11.4. The maximum absolute atomic E-state index is 4.62. The fourth-order valence-electron chi connectivity index (χ4n) is 1.93. The molecule has 1 aromatic heterocycles. The van der Waals surface area contributed by atoms with E-state index in [-0.39, 0.29) is 0 Å². The first-order valence-electron chi connectivity index (χ1n) is 6.56. The minimum absolute atomic E-state index is 0.940.